The highest BCUT2D eigenvalue weighted by Gasteiger charge is 2.05. The summed E-state index contributed by atoms with van der Waals surface area (Å²) < 4.78 is 14.3. The van der Waals surface area contributed by atoms with Crippen molar-refractivity contribution >= 4 is 15.9 Å². The number of rotatable bonds is 4. The van der Waals surface area contributed by atoms with Crippen LogP contribution in [0.25, 0.3) is 0 Å². The molecule has 2 aromatic rings. The largest absolute Gasteiger partial charge is 0.308 e. The average Bonchev–Trinajstić information content (AvgIpc) is 2.34. The monoisotopic (exact) mass is 294 g/mol. The molecule has 4 heteroatoms. The summed E-state index contributed by atoms with van der Waals surface area (Å²) in [7, 11) is 0. The topological polar surface area (TPSA) is 24.9 Å². The standard InChI is InChI=1S/C13H12BrFN2/c14-12-4-1-5-13(15)11(12)9-17-8-10-3-2-6-16-7-10/h1-7,17H,8-9H2. The SMILES string of the molecule is Fc1cccc(Br)c1CNCc1cccnc1. The summed E-state index contributed by atoms with van der Waals surface area (Å²) >= 11 is 3.34. The van der Waals surface area contributed by atoms with Crippen LogP contribution < -0.4 is 5.32 Å². The molecule has 17 heavy (non-hydrogen) atoms. The fraction of sp³-hybridized carbons (Fsp3) is 0.154. The van der Waals surface area contributed by atoms with Crippen molar-refractivity contribution < 1.29 is 4.39 Å². The highest BCUT2D eigenvalue weighted by molar-refractivity contribution is 9.10. The van der Waals surface area contributed by atoms with E-state index in [0.29, 0.717) is 18.7 Å². The molecule has 0 aliphatic carbocycles. The Morgan fingerprint density at radius 1 is 1.18 bits per heavy atom. The van der Waals surface area contributed by atoms with Crippen molar-refractivity contribution in [3.05, 3.63) is 64.1 Å². The number of hydrogen-bond acceptors (Lipinski definition) is 2. The minimum absolute atomic E-state index is 0.196. The molecule has 1 aromatic carbocycles. The van der Waals surface area contributed by atoms with E-state index in [1.807, 2.05) is 18.2 Å². The normalized spacial score (nSPS) is 10.5. The van der Waals surface area contributed by atoms with E-state index in [9.17, 15) is 4.39 Å². The Balaban J connectivity index is 1.95. The zero-order valence-corrected chi connectivity index (χ0v) is 10.7. The smallest absolute Gasteiger partial charge is 0.128 e. The molecule has 2 rings (SSSR count). The molecule has 0 spiro atoms. The minimum atomic E-state index is -0.196. The van der Waals surface area contributed by atoms with Gasteiger partial charge in [-0.3, -0.25) is 4.98 Å². The molecule has 0 atom stereocenters. The first-order valence-corrected chi connectivity index (χ1v) is 6.09. The average molecular weight is 295 g/mol. The number of aromatic nitrogens is 1. The van der Waals surface area contributed by atoms with Gasteiger partial charge < -0.3 is 5.32 Å². The predicted octanol–water partition coefficient (Wildman–Crippen LogP) is 3.27. The Kier molecular flexibility index (Phi) is 4.23. The lowest BCUT2D eigenvalue weighted by Crippen LogP contribution is -2.14. The van der Waals surface area contributed by atoms with Gasteiger partial charge in [0, 0.05) is 35.5 Å². The van der Waals surface area contributed by atoms with Gasteiger partial charge in [-0.1, -0.05) is 28.1 Å². The number of pyridine rings is 1. The summed E-state index contributed by atoms with van der Waals surface area (Å²) in [6.45, 7) is 1.16. The van der Waals surface area contributed by atoms with Gasteiger partial charge in [0.1, 0.15) is 5.82 Å². The molecule has 88 valence electrons. The number of hydrogen-bond donors (Lipinski definition) is 1. The van der Waals surface area contributed by atoms with Crippen LogP contribution in [0, 0.1) is 5.82 Å². The van der Waals surface area contributed by atoms with Crippen LogP contribution >= 0.6 is 15.9 Å². The number of nitrogens with one attached hydrogen (secondary N) is 1. The molecule has 0 aliphatic rings. The van der Waals surface area contributed by atoms with Crippen LogP contribution in [0.3, 0.4) is 0 Å². The zero-order valence-electron chi connectivity index (χ0n) is 9.16. The van der Waals surface area contributed by atoms with Gasteiger partial charge in [-0.25, -0.2) is 4.39 Å². The predicted molar refractivity (Wildman–Crippen MR) is 68.9 cm³/mol. The van der Waals surface area contributed by atoms with Crippen LogP contribution in [-0.4, -0.2) is 4.98 Å². The number of halogens is 2. The molecule has 1 aromatic heterocycles. The van der Waals surface area contributed by atoms with E-state index in [-0.39, 0.29) is 5.82 Å². The molecule has 0 saturated heterocycles. The van der Waals surface area contributed by atoms with Crippen LogP contribution in [0.2, 0.25) is 0 Å². The van der Waals surface area contributed by atoms with Crippen molar-refractivity contribution in [3.8, 4) is 0 Å². The molecule has 0 bridgehead atoms. The third-order valence-corrected chi connectivity index (χ3v) is 3.16. The molecular weight excluding hydrogens is 283 g/mol. The quantitative estimate of drug-likeness (QED) is 0.936. The third kappa shape index (κ3) is 3.35. The first kappa shape index (κ1) is 12.2. The maximum Gasteiger partial charge on any atom is 0.128 e. The Hall–Kier alpha value is -1.26. The highest BCUT2D eigenvalue weighted by Crippen LogP contribution is 2.19. The van der Waals surface area contributed by atoms with Crippen molar-refractivity contribution in [3.63, 3.8) is 0 Å². The van der Waals surface area contributed by atoms with Crippen LogP contribution in [0.5, 0.6) is 0 Å². The van der Waals surface area contributed by atoms with Crippen molar-refractivity contribution in [2.75, 3.05) is 0 Å². The van der Waals surface area contributed by atoms with Crippen LogP contribution in [-0.2, 0) is 13.1 Å². The van der Waals surface area contributed by atoms with Gasteiger partial charge >= 0.3 is 0 Å². The first-order chi connectivity index (χ1) is 8.27. The van der Waals surface area contributed by atoms with E-state index < -0.39 is 0 Å². The van der Waals surface area contributed by atoms with E-state index in [1.54, 1.807) is 18.5 Å². The second-order valence-electron chi connectivity index (χ2n) is 3.67. The maximum atomic E-state index is 13.5. The van der Waals surface area contributed by atoms with E-state index in [4.69, 9.17) is 0 Å². The fourth-order valence-corrected chi connectivity index (χ4v) is 2.02. The van der Waals surface area contributed by atoms with E-state index >= 15 is 0 Å². The fourth-order valence-electron chi connectivity index (χ4n) is 1.54. The second kappa shape index (κ2) is 5.89. The van der Waals surface area contributed by atoms with Gasteiger partial charge in [0.15, 0.2) is 0 Å². The lowest BCUT2D eigenvalue weighted by atomic mass is 10.2. The Morgan fingerprint density at radius 2 is 2.06 bits per heavy atom. The van der Waals surface area contributed by atoms with E-state index in [2.05, 4.69) is 26.2 Å². The molecule has 0 radical (unpaired) electrons. The number of nitrogens with zero attached hydrogens (tertiary/aromatic N) is 1. The highest BCUT2D eigenvalue weighted by atomic mass is 79.9. The van der Waals surface area contributed by atoms with Crippen molar-refractivity contribution in [2.24, 2.45) is 0 Å². The molecule has 0 aliphatic heterocycles. The molecular formula is C13H12BrFN2. The second-order valence-corrected chi connectivity index (χ2v) is 4.52. The summed E-state index contributed by atoms with van der Waals surface area (Å²) in [6.07, 6.45) is 3.53. The van der Waals surface area contributed by atoms with Crippen LogP contribution in [0.15, 0.2) is 47.2 Å². The van der Waals surface area contributed by atoms with Crippen LogP contribution in [0.1, 0.15) is 11.1 Å². The van der Waals surface area contributed by atoms with Gasteiger partial charge in [0.25, 0.3) is 0 Å². The molecule has 1 heterocycles. The summed E-state index contributed by atoms with van der Waals surface area (Å²) in [4.78, 5) is 4.02. The van der Waals surface area contributed by atoms with Gasteiger partial charge in [-0.05, 0) is 23.8 Å². The summed E-state index contributed by atoms with van der Waals surface area (Å²) in [5.74, 6) is -0.196. The van der Waals surface area contributed by atoms with E-state index in [0.717, 1.165) is 10.0 Å². The Bertz CT molecular complexity index is 468. The lowest BCUT2D eigenvalue weighted by Gasteiger charge is -2.07. The Labute approximate surface area is 108 Å². The maximum absolute atomic E-state index is 13.5. The van der Waals surface area contributed by atoms with Gasteiger partial charge in [0.2, 0.25) is 0 Å². The summed E-state index contributed by atoms with van der Waals surface area (Å²) in [6, 6.07) is 8.85. The van der Waals surface area contributed by atoms with Crippen LogP contribution in [0.4, 0.5) is 4.39 Å². The third-order valence-electron chi connectivity index (χ3n) is 2.42. The zero-order chi connectivity index (χ0) is 12.1. The molecule has 2 nitrogen and oxygen atoms in total. The van der Waals surface area contributed by atoms with Gasteiger partial charge in [-0.15, -0.1) is 0 Å². The van der Waals surface area contributed by atoms with E-state index in [1.165, 1.54) is 6.07 Å². The summed E-state index contributed by atoms with van der Waals surface area (Å²) in [5, 5.41) is 3.19. The number of benzene rings is 1. The van der Waals surface area contributed by atoms with Crippen molar-refractivity contribution in [1.29, 1.82) is 0 Å². The minimum Gasteiger partial charge on any atom is -0.308 e. The summed E-state index contributed by atoms with van der Waals surface area (Å²) in [5.41, 5.74) is 1.73. The van der Waals surface area contributed by atoms with Crippen molar-refractivity contribution in [1.82, 2.24) is 10.3 Å². The Morgan fingerprint density at radius 3 is 2.76 bits per heavy atom. The van der Waals surface area contributed by atoms with Gasteiger partial charge in [0.05, 0.1) is 0 Å². The lowest BCUT2D eigenvalue weighted by molar-refractivity contribution is 0.586. The molecule has 0 unspecified atom stereocenters. The van der Waals surface area contributed by atoms with Crippen molar-refractivity contribution in [2.45, 2.75) is 13.1 Å². The molecule has 0 fully saturated rings. The molecule has 0 saturated carbocycles. The molecule has 1 N–H and O–H groups in total. The van der Waals surface area contributed by atoms with Gasteiger partial charge in [-0.2, -0.15) is 0 Å². The first-order valence-electron chi connectivity index (χ1n) is 5.30. The molecule has 0 amide bonds.